The van der Waals surface area contributed by atoms with E-state index in [0.29, 0.717) is 18.4 Å². The Morgan fingerprint density at radius 1 is 1.25 bits per heavy atom. The molecule has 0 aromatic carbocycles. The largest absolute Gasteiger partial charge is 0.500 e. The van der Waals surface area contributed by atoms with Gasteiger partial charge in [0, 0.05) is 30.7 Å². The molecule has 2 aliphatic heterocycles. The highest BCUT2D eigenvalue weighted by atomic mass is 16.5. The van der Waals surface area contributed by atoms with Gasteiger partial charge in [-0.05, 0) is 5.41 Å². The summed E-state index contributed by atoms with van der Waals surface area (Å²) in [6.45, 7) is 9.07. The van der Waals surface area contributed by atoms with Gasteiger partial charge in [0.1, 0.15) is 6.61 Å². The van der Waals surface area contributed by atoms with Crippen molar-refractivity contribution < 1.29 is 9.53 Å². The summed E-state index contributed by atoms with van der Waals surface area (Å²) in [5, 5.41) is 7.15. The molecule has 0 aromatic rings. The summed E-state index contributed by atoms with van der Waals surface area (Å²) in [7, 11) is 0. The van der Waals surface area contributed by atoms with Crippen LogP contribution in [0.4, 0.5) is 0 Å². The van der Waals surface area contributed by atoms with E-state index in [4.69, 9.17) is 4.74 Å². The van der Waals surface area contributed by atoms with Gasteiger partial charge in [-0.1, -0.05) is 32.9 Å². The molecule has 0 bridgehead atoms. The molecule has 1 fully saturated rings. The van der Waals surface area contributed by atoms with E-state index >= 15 is 0 Å². The Morgan fingerprint density at radius 2 is 2.00 bits per heavy atom. The fourth-order valence-corrected chi connectivity index (χ4v) is 3.55. The van der Waals surface area contributed by atoms with Crippen LogP contribution in [0.25, 0.3) is 0 Å². The second-order valence-electron chi connectivity index (χ2n) is 7.07. The molecule has 0 radical (unpaired) electrons. The summed E-state index contributed by atoms with van der Waals surface area (Å²) >= 11 is 0. The molecule has 4 nitrogen and oxygen atoms in total. The zero-order chi connectivity index (χ0) is 14.3. The zero-order valence-corrected chi connectivity index (χ0v) is 12.5. The molecule has 2 heterocycles. The third-order valence-corrected chi connectivity index (χ3v) is 4.60. The van der Waals surface area contributed by atoms with E-state index in [2.05, 4.69) is 43.6 Å². The van der Waals surface area contributed by atoms with Crippen molar-refractivity contribution in [3.63, 3.8) is 0 Å². The Hall–Kier alpha value is -1.13. The number of carbonyl (C=O) groups excluding carboxylic acids is 1. The number of rotatable bonds is 1. The van der Waals surface area contributed by atoms with E-state index in [0.717, 1.165) is 18.7 Å². The predicted molar refractivity (Wildman–Crippen MR) is 78.2 cm³/mol. The minimum atomic E-state index is -0.0608. The Morgan fingerprint density at radius 3 is 2.75 bits per heavy atom. The van der Waals surface area contributed by atoms with Crippen LogP contribution in [0.1, 0.15) is 20.8 Å². The van der Waals surface area contributed by atoms with Gasteiger partial charge in [-0.15, -0.1) is 0 Å². The first-order valence-corrected chi connectivity index (χ1v) is 7.49. The molecular weight excluding hydrogens is 252 g/mol. The van der Waals surface area contributed by atoms with Crippen molar-refractivity contribution in [2.45, 2.75) is 32.9 Å². The van der Waals surface area contributed by atoms with Gasteiger partial charge < -0.3 is 15.4 Å². The number of nitrogens with one attached hydrogen (secondary N) is 2. The van der Waals surface area contributed by atoms with Crippen molar-refractivity contribution in [2.75, 3.05) is 19.7 Å². The lowest BCUT2D eigenvalue weighted by Crippen LogP contribution is -2.64. The van der Waals surface area contributed by atoms with Gasteiger partial charge in [-0.25, -0.2) is 0 Å². The van der Waals surface area contributed by atoms with Gasteiger partial charge in [0.15, 0.2) is 5.78 Å². The van der Waals surface area contributed by atoms with Crippen molar-refractivity contribution in [3.05, 3.63) is 24.0 Å². The van der Waals surface area contributed by atoms with Crippen LogP contribution in [0.3, 0.4) is 0 Å². The minimum Gasteiger partial charge on any atom is -0.500 e. The lowest BCUT2D eigenvalue weighted by molar-refractivity contribution is -0.126. The fourth-order valence-electron chi connectivity index (χ4n) is 3.55. The molecule has 0 aromatic heterocycles. The number of carbonyl (C=O) groups is 1. The van der Waals surface area contributed by atoms with E-state index in [-0.39, 0.29) is 23.3 Å². The summed E-state index contributed by atoms with van der Waals surface area (Å²) in [6.07, 6.45) is 5.85. The highest BCUT2D eigenvalue weighted by Crippen LogP contribution is 2.34. The van der Waals surface area contributed by atoms with E-state index < -0.39 is 0 Å². The van der Waals surface area contributed by atoms with Gasteiger partial charge in [-0.3, -0.25) is 4.79 Å². The van der Waals surface area contributed by atoms with Crippen LogP contribution < -0.4 is 10.6 Å². The van der Waals surface area contributed by atoms with Crippen LogP contribution >= 0.6 is 0 Å². The lowest BCUT2D eigenvalue weighted by atomic mass is 9.71. The highest BCUT2D eigenvalue weighted by molar-refractivity contribution is 5.91. The molecule has 4 heteroatoms. The summed E-state index contributed by atoms with van der Waals surface area (Å²) < 4.78 is 5.32. The van der Waals surface area contributed by atoms with Crippen LogP contribution in [0.15, 0.2) is 24.0 Å². The normalized spacial score (nSPS) is 37.4. The maximum absolute atomic E-state index is 12.7. The number of ketones is 1. The van der Waals surface area contributed by atoms with Crippen LogP contribution in [-0.4, -0.2) is 37.6 Å². The third-order valence-electron chi connectivity index (χ3n) is 4.60. The van der Waals surface area contributed by atoms with Crippen LogP contribution in [0.2, 0.25) is 0 Å². The second kappa shape index (κ2) is 5.01. The quantitative estimate of drug-likeness (QED) is 0.757. The van der Waals surface area contributed by atoms with E-state index in [1.807, 2.05) is 0 Å². The number of Topliss-reactive ketones (excluding diaryl/α,β-unsaturated/α-hetero) is 1. The molecule has 2 N–H and O–H groups in total. The van der Waals surface area contributed by atoms with E-state index in [1.165, 1.54) is 0 Å². The average molecular weight is 276 g/mol. The maximum Gasteiger partial charge on any atom is 0.152 e. The molecule has 4 atom stereocenters. The molecule has 3 rings (SSSR count). The van der Waals surface area contributed by atoms with Crippen LogP contribution in [-0.2, 0) is 9.53 Å². The molecule has 20 heavy (non-hydrogen) atoms. The minimum absolute atomic E-state index is 0.0594. The number of fused-ring (bicyclic) bond motifs is 1. The van der Waals surface area contributed by atoms with Gasteiger partial charge in [-0.2, -0.15) is 0 Å². The van der Waals surface area contributed by atoms with Crippen molar-refractivity contribution in [1.29, 1.82) is 0 Å². The molecule has 0 spiro atoms. The Balaban J connectivity index is 1.85. The average Bonchev–Trinajstić information content (AvgIpc) is 2.87. The Kier molecular flexibility index (Phi) is 3.46. The summed E-state index contributed by atoms with van der Waals surface area (Å²) in [5.74, 6) is 0.178. The smallest absolute Gasteiger partial charge is 0.152 e. The number of hydrogen-bond acceptors (Lipinski definition) is 4. The molecule has 3 unspecified atom stereocenters. The first-order chi connectivity index (χ1) is 9.48. The van der Waals surface area contributed by atoms with Crippen LogP contribution in [0.5, 0.6) is 0 Å². The van der Waals surface area contributed by atoms with Crippen molar-refractivity contribution >= 4 is 5.78 Å². The molecule has 3 aliphatic rings. The van der Waals surface area contributed by atoms with Crippen LogP contribution in [0, 0.1) is 17.3 Å². The van der Waals surface area contributed by atoms with Crippen molar-refractivity contribution in [3.8, 4) is 0 Å². The Labute approximate surface area is 120 Å². The maximum atomic E-state index is 12.7. The number of piperazine rings is 1. The summed E-state index contributed by atoms with van der Waals surface area (Å²) in [5.41, 5.74) is 1.15. The van der Waals surface area contributed by atoms with E-state index in [9.17, 15) is 4.79 Å². The summed E-state index contributed by atoms with van der Waals surface area (Å²) in [6, 6.07) is 0.456. The van der Waals surface area contributed by atoms with Crippen molar-refractivity contribution in [2.24, 2.45) is 17.3 Å². The highest BCUT2D eigenvalue weighted by Gasteiger charge is 2.44. The lowest BCUT2D eigenvalue weighted by Gasteiger charge is -2.45. The number of hydrogen-bond donors (Lipinski definition) is 2. The Bertz CT molecular complexity index is 462. The summed E-state index contributed by atoms with van der Waals surface area (Å²) in [4.78, 5) is 12.7. The monoisotopic (exact) mass is 276 g/mol. The van der Waals surface area contributed by atoms with Gasteiger partial charge >= 0.3 is 0 Å². The topological polar surface area (TPSA) is 50.4 Å². The van der Waals surface area contributed by atoms with Gasteiger partial charge in [0.25, 0.3) is 0 Å². The van der Waals surface area contributed by atoms with Gasteiger partial charge in [0.05, 0.1) is 18.1 Å². The van der Waals surface area contributed by atoms with Crippen molar-refractivity contribution in [1.82, 2.24) is 10.6 Å². The first kappa shape index (κ1) is 13.8. The third kappa shape index (κ3) is 2.31. The molecular formula is C16H24N2O2. The fraction of sp³-hybridized carbons (Fsp3) is 0.688. The van der Waals surface area contributed by atoms with Gasteiger partial charge in [0.2, 0.25) is 0 Å². The number of allylic oxidation sites excluding steroid dienone is 1. The predicted octanol–water partition coefficient (Wildman–Crippen LogP) is 1.25. The van der Waals surface area contributed by atoms with E-state index in [1.54, 1.807) is 6.26 Å². The second-order valence-corrected chi connectivity index (χ2v) is 7.07. The molecule has 1 aliphatic carbocycles. The zero-order valence-electron chi connectivity index (χ0n) is 12.5. The molecule has 0 saturated carbocycles. The number of ether oxygens (including phenoxy) is 1. The first-order valence-electron chi connectivity index (χ1n) is 7.49. The molecule has 0 amide bonds. The molecule has 1 saturated heterocycles. The standard InChI is InChI=1S/C16H24N2O2/c1-16(2,3)15-13(17-6-7-18-15)11-5-4-10-8-20-9-12(10)14(11)19/h4-5,8,11-13,15,17-18H,6-7,9H2,1-3H3/t11?,12?,13-,15?/m0/s1. The molecule has 110 valence electrons. The SMILES string of the molecule is CC(C)(C)C1NCCN[C@H]1C1C=CC2=COCC2C1=O.